The van der Waals surface area contributed by atoms with Gasteiger partial charge in [0.2, 0.25) is 0 Å². The van der Waals surface area contributed by atoms with Crippen molar-refractivity contribution in [2.75, 3.05) is 13.1 Å². The summed E-state index contributed by atoms with van der Waals surface area (Å²) in [6.45, 7) is 7.49. The van der Waals surface area contributed by atoms with Crippen molar-refractivity contribution in [3.05, 3.63) is 18.0 Å². The van der Waals surface area contributed by atoms with E-state index in [0.717, 1.165) is 26.1 Å². The quantitative estimate of drug-likeness (QED) is 0.870. The molecule has 0 bridgehead atoms. The van der Waals surface area contributed by atoms with E-state index in [0.29, 0.717) is 6.04 Å². The molecule has 2 atom stereocenters. The molecule has 17 heavy (non-hydrogen) atoms. The van der Waals surface area contributed by atoms with Crippen molar-refractivity contribution in [3.63, 3.8) is 0 Å². The fraction of sp³-hybridized carbons (Fsp3) is 0.769. The molecule has 2 N–H and O–H groups in total. The third-order valence-corrected chi connectivity index (χ3v) is 3.79. The highest BCUT2D eigenvalue weighted by Gasteiger charge is 2.29. The summed E-state index contributed by atoms with van der Waals surface area (Å²) < 4.78 is 2.08. The molecular weight excluding hydrogens is 212 g/mol. The summed E-state index contributed by atoms with van der Waals surface area (Å²) in [6.07, 6.45) is 5.52. The van der Waals surface area contributed by atoms with Gasteiger partial charge in [0.25, 0.3) is 0 Å². The summed E-state index contributed by atoms with van der Waals surface area (Å²) in [5.74, 6) is 0. The first-order valence-electron chi connectivity index (χ1n) is 6.79. The molecule has 1 saturated heterocycles. The Morgan fingerprint density at radius 1 is 1.35 bits per heavy atom. The van der Waals surface area contributed by atoms with Crippen molar-refractivity contribution in [2.24, 2.45) is 5.73 Å². The highest BCUT2D eigenvalue weighted by Crippen LogP contribution is 2.28. The van der Waals surface area contributed by atoms with Crippen LogP contribution in [-0.4, -0.2) is 33.8 Å². The number of aromatic nitrogens is 2. The Labute approximate surface area is 104 Å². The van der Waals surface area contributed by atoms with E-state index in [4.69, 9.17) is 5.73 Å². The van der Waals surface area contributed by atoms with Gasteiger partial charge in [-0.1, -0.05) is 13.3 Å². The lowest BCUT2D eigenvalue weighted by atomic mass is 10.0. The Morgan fingerprint density at radius 2 is 2.18 bits per heavy atom. The van der Waals surface area contributed by atoms with Gasteiger partial charge in [-0.25, -0.2) is 0 Å². The fourth-order valence-electron chi connectivity index (χ4n) is 2.88. The van der Waals surface area contributed by atoms with Crippen LogP contribution in [-0.2, 0) is 6.54 Å². The van der Waals surface area contributed by atoms with E-state index in [2.05, 4.69) is 34.6 Å². The molecule has 1 fully saturated rings. The molecule has 0 aromatic carbocycles. The molecule has 0 spiro atoms. The second kappa shape index (κ2) is 5.65. The molecule has 0 saturated carbocycles. The summed E-state index contributed by atoms with van der Waals surface area (Å²) >= 11 is 0. The summed E-state index contributed by atoms with van der Waals surface area (Å²) in [7, 11) is 0. The van der Waals surface area contributed by atoms with Crippen LogP contribution >= 0.6 is 0 Å². The minimum atomic E-state index is 0.236. The number of nitrogens with zero attached hydrogens (tertiary/aromatic N) is 3. The molecule has 1 aliphatic rings. The van der Waals surface area contributed by atoms with E-state index < -0.39 is 0 Å². The van der Waals surface area contributed by atoms with Gasteiger partial charge >= 0.3 is 0 Å². The van der Waals surface area contributed by atoms with Gasteiger partial charge in [-0.3, -0.25) is 9.58 Å². The van der Waals surface area contributed by atoms with Gasteiger partial charge < -0.3 is 5.73 Å². The van der Waals surface area contributed by atoms with Crippen molar-refractivity contribution in [1.82, 2.24) is 14.7 Å². The van der Waals surface area contributed by atoms with Gasteiger partial charge in [0, 0.05) is 18.8 Å². The van der Waals surface area contributed by atoms with Crippen LogP contribution in [0.1, 0.15) is 44.8 Å². The van der Waals surface area contributed by atoms with Gasteiger partial charge in [-0.05, 0) is 38.9 Å². The van der Waals surface area contributed by atoms with Gasteiger partial charge in [0.05, 0.1) is 11.7 Å². The zero-order valence-electron chi connectivity index (χ0n) is 11.0. The molecule has 1 aromatic heterocycles. The molecule has 2 heterocycles. The van der Waals surface area contributed by atoms with Gasteiger partial charge in [-0.2, -0.15) is 5.10 Å². The van der Waals surface area contributed by atoms with Crippen LogP contribution in [0.15, 0.2) is 12.3 Å². The van der Waals surface area contributed by atoms with Crippen LogP contribution in [0, 0.1) is 0 Å². The maximum absolute atomic E-state index is 6.38. The highest BCUT2D eigenvalue weighted by molar-refractivity contribution is 5.11. The van der Waals surface area contributed by atoms with Crippen LogP contribution in [0.5, 0.6) is 0 Å². The molecular formula is C13H24N4. The maximum Gasteiger partial charge on any atom is 0.0670 e. The Bertz CT molecular complexity index is 347. The predicted octanol–water partition coefficient (Wildman–Crippen LogP) is 1.78. The molecule has 0 radical (unpaired) electrons. The molecule has 4 heteroatoms. The van der Waals surface area contributed by atoms with Crippen molar-refractivity contribution >= 4 is 0 Å². The molecule has 0 amide bonds. The van der Waals surface area contributed by atoms with E-state index in [-0.39, 0.29) is 6.04 Å². The summed E-state index contributed by atoms with van der Waals surface area (Å²) in [6, 6.07) is 2.70. The van der Waals surface area contributed by atoms with Crippen molar-refractivity contribution in [1.29, 1.82) is 0 Å². The first-order valence-corrected chi connectivity index (χ1v) is 6.79. The third kappa shape index (κ3) is 2.53. The monoisotopic (exact) mass is 236 g/mol. The number of likely N-dealkylation sites (tertiary alicyclic amines) is 1. The lowest BCUT2D eigenvalue weighted by Gasteiger charge is -2.32. The highest BCUT2D eigenvalue weighted by atomic mass is 15.3. The number of hydrogen-bond acceptors (Lipinski definition) is 3. The number of likely N-dealkylation sites (N-methyl/N-ethyl adjacent to an activating group) is 1. The van der Waals surface area contributed by atoms with Crippen molar-refractivity contribution in [2.45, 2.75) is 51.7 Å². The Balaban J connectivity index is 2.30. The van der Waals surface area contributed by atoms with Crippen molar-refractivity contribution < 1.29 is 0 Å². The number of rotatable bonds is 3. The predicted molar refractivity (Wildman–Crippen MR) is 69.7 cm³/mol. The van der Waals surface area contributed by atoms with Gasteiger partial charge in [0.15, 0.2) is 0 Å². The fourth-order valence-corrected chi connectivity index (χ4v) is 2.88. The van der Waals surface area contributed by atoms with E-state index in [9.17, 15) is 0 Å². The average Bonchev–Trinajstić information content (AvgIpc) is 2.72. The number of aryl methyl sites for hydroxylation is 1. The van der Waals surface area contributed by atoms with Gasteiger partial charge in [-0.15, -0.1) is 0 Å². The third-order valence-electron chi connectivity index (χ3n) is 3.79. The Hall–Kier alpha value is -0.870. The summed E-state index contributed by atoms with van der Waals surface area (Å²) in [5.41, 5.74) is 7.66. The van der Waals surface area contributed by atoms with Crippen LogP contribution in [0.3, 0.4) is 0 Å². The maximum atomic E-state index is 6.38. The first kappa shape index (κ1) is 12.6. The largest absolute Gasteiger partial charge is 0.326 e. The van der Waals surface area contributed by atoms with E-state index in [1.54, 1.807) is 0 Å². The molecule has 2 unspecified atom stereocenters. The molecule has 2 rings (SSSR count). The number of hydrogen-bond donors (Lipinski definition) is 1. The normalized spacial score (nSPS) is 27.0. The minimum Gasteiger partial charge on any atom is -0.326 e. The standard InChI is InChI=1S/C13H24N4/c1-3-16-10-6-5-7-11(14)13(16)12-8-9-15-17(12)4-2/h8-9,11,13H,3-7,10,14H2,1-2H3. The smallest absolute Gasteiger partial charge is 0.0670 e. The lowest BCUT2D eigenvalue weighted by molar-refractivity contribution is 0.186. The van der Waals surface area contributed by atoms with Gasteiger partial charge in [0.1, 0.15) is 0 Å². The SMILES string of the molecule is CCN1CCCCC(N)C1c1ccnn1CC. The second-order valence-corrected chi connectivity index (χ2v) is 4.80. The van der Waals surface area contributed by atoms with Crippen LogP contribution in [0.2, 0.25) is 0 Å². The van der Waals surface area contributed by atoms with E-state index in [1.807, 2.05) is 6.20 Å². The minimum absolute atomic E-state index is 0.236. The van der Waals surface area contributed by atoms with Crippen molar-refractivity contribution in [3.8, 4) is 0 Å². The second-order valence-electron chi connectivity index (χ2n) is 4.80. The zero-order valence-corrected chi connectivity index (χ0v) is 11.0. The topological polar surface area (TPSA) is 47.1 Å². The summed E-state index contributed by atoms with van der Waals surface area (Å²) in [5, 5.41) is 4.38. The summed E-state index contributed by atoms with van der Waals surface area (Å²) in [4.78, 5) is 2.50. The molecule has 96 valence electrons. The molecule has 1 aromatic rings. The Kier molecular flexibility index (Phi) is 4.18. The lowest BCUT2D eigenvalue weighted by Crippen LogP contribution is -2.40. The molecule has 1 aliphatic heterocycles. The van der Waals surface area contributed by atoms with Crippen LogP contribution in [0.4, 0.5) is 0 Å². The first-order chi connectivity index (χ1) is 8.27. The average molecular weight is 236 g/mol. The van der Waals surface area contributed by atoms with E-state index in [1.165, 1.54) is 18.5 Å². The molecule has 0 aliphatic carbocycles. The van der Waals surface area contributed by atoms with Crippen LogP contribution < -0.4 is 5.73 Å². The van der Waals surface area contributed by atoms with Crippen LogP contribution in [0.25, 0.3) is 0 Å². The number of nitrogens with two attached hydrogens (primary N) is 1. The molecule has 4 nitrogen and oxygen atoms in total. The van der Waals surface area contributed by atoms with E-state index >= 15 is 0 Å². The zero-order chi connectivity index (χ0) is 12.3. The Morgan fingerprint density at radius 3 is 2.88 bits per heavy atom.